The number of halogens is 1. The molecule has 0 bridgehead atoms. The summed E-state index contributed by atoms with van der Waals surface area (Å²) in [5, 5.41) is 6.93. The molecule has 10 heteroatoms. The number of ether oxygens (including phenoxy) is 1. The van der Waals surface area contributed by atoms with Gasteiger partial charge in [0, 0.05) is 28.9 Å². The van der Waals surface area contributed by atoms with E-state index in [9.17, 15) is 14.0 Å². The lowest BCUT2D eigenvalue weighted by molar-refractivity contribution is -0.134. The van der Waals surface area contributed by atoms with Crippen molar-refractivity contribution in [3.05, 3.63) is 63.7 Å². The van der Waals surface area contributed by atoms with E-state index in [-0.39, 0.29) is 40.6 Å². The Balaban J connectivity index is 1.70. The van der Waals surface area contributed by atoms with Crippen LogP contribution < -0.4 is 4.90 Å². The summed E-state index contributed by atoms with van der Waals surface area (Å²) in [5.74, 6) is 0.199. The van der Waals surface area contributed by atoms with E-state index < -0.39 is 0 Å². The van der Waals surface area contributed by atoms with Gasteiger partial charge in [0.1, 0.15) is 18.2 Å². The van der Waals surface area contributed by atoms with Crippen molar-refractivity contribution in [3.63, 3.8) is 0 Å². The molecule has 7 nitrogen and oxygen atoms in total. The largest absolute Gasteiger partial charge is 0.378 e. The fourth-order valence-corrected chi connectivity index (χ4v) is 6.72. The summed E-state index contributed by atoms with van der Waals surface area (Å²) in [5.41, 5.74) is 2.08. The van der Waals surface area contributed by atoms with Crippen molar-refractivity contribution in [2.24, 2.45) is 0 Å². The summed E-state index contributed by atoms with van der Waals surface area (Å²) < 4.78 is 20.9. The van der Waals surface area contributed by atoms with Crippen LogP contribution in [0, 0.1) is 5.82 Å². The Bertz CT molecular complexity index is 1250. The van der Waals surface area contributed by atoms with E-state index in [1.165, 1.54) is 12.1 Å². The number of nitrogens with zero attached hydrogens (tertiary/aromatic N) is 4. The molecule has 0 spiro atoms. The third kappa shape index (κ3) is 4.81. The molecular formula is C26H29FN4O3S2. The van der Waals surface area contributed by atoms with E-state index in [0.717, 1.165) is 16.1 Å². The van der Waals surface area contributed by atoms with Crippen LogP contribution >= 0.6 is 23.1 Å². The monoisotopic (exact) mass is 528 g/mol. The minimum absolute atomic E-state index is 0.0833. The van der Waals surface area contributed by atoms with Crippen LogP contribution in [-0.4, -0.2) is 65.1 Å². The Kier molecular flexibility index (Phi) is 6.93. The Labute approximate surface area is 218 Å². The average molecular weight is 529 g/mol. The van der Waals surface area contributed by atoms with E-state index in [1.54, 1.807) is 49.7 Å². The SMILES string of the molecule is CC(C)(C)c1nn(-c2ccc(F)cc2)c2c1[C@@H](c1cccs1)SCC(=O)N2CC(=O)N1CCOCC1. The predicted molar refractivity (Wildman–Crippen MR) is 141 cm³/mol. The number of thioether (sulfide) groups is 1. The first kappa shape index (κ1) is 25.0. The number of aromatic nitrogens is 2. The second-order valence-corrected chi connectivity index (χ2v) is 12.0. The van der Waals surface area contributed by atoms with Gasteiger partial charge in [-0.2, -0.15) is 5.10 Å². The zero-order valence-electron chi connectivity index (χ0n) is 20.6. The number of thiophene rings is 1. The van der Waals surface area contributed by atoms with Crippen molar-refractivity contribution < 1.29 is 18.7 Å². The minimum Gasteiger partial charge on any atom is -0.378 e. The summed E-state index contributed by atoms with van der Waals surface area (Å²) in [6.45, 7) is 8.19. The molecule has 0 saturated carbocycles. The van der Waals surface area contributed by atoms with E-state index in [0.29, 0.717) is 37.8 Å². The van der Waals surface area contributed by atoms with Gasteiger partial charge < -0.3 is 9.64 Å². The molecule has 0 aliphatic carbocycles. The maximum Gasteiger partial charge on any atom is 0.242 e. The standard InChI is InChI=1S/C26H29FN4O3S2/c1-26(2,3)24-22-23(19-5-4-14-35-19)36-16-21(33)30(15-20(32)29-10-12-34-13-11-29)25(22)31(28-24)18-8-6-17(27)7-9-18/h4-9,14,23H,10-13,15-16H2,1-3H3/t23-/m1/s1. The number of benzene rings is 1. The van der Waals surface area contributed by atoms with Gasteiger partial charge in [-0.1, -0.05) is 26.8 Å². The highest BCUT2D eigenvalue weighted by molar-refractivity contribution is 8.00. The fraction of sp³-hybridized carbons (Fsp3) is 0.423. The number of hydrogen-bond donors (Lipinski definition) is 0. The van der Waals surface area contributed by atoms with Gasteiger partial charge in [-0.3, -0.25) is 14.5 Å². The lowest BCUT2D eigenvalue weighted by Crippen LogP contribution is -2.48. The number of carbonyl (C=O) groups is 2. The first-order chi connectivity index (χ1) is 17.2. The summed E-state index contributed by atoms with van der Waals surface area (Å²) in [7, 11) is 0. The summed E-state index contributed by atoms with van der Waals surface area (Å²) in [6.07, 6.45) is 0. The molecule has 5 rings (SSSR count). The highest BCUT2D eigenvalue weighted by Crippen LogP contribution is 2.49. The zero-order chi connectivity index (χ0) is 25.4. The van der Waals surface area contributed by atoms with E-state index in [2.05, 4.69) is 26.8 Å². The van der Waals surface area contributed by atoms with Crippen molar-refractivity contribution in [1.29, 1.82) is 0 Å². The van der Waals surface area contributed by atoms with Crippen LogP contribution in [0.25, 0.3) is 5.69 Å². The van der Waals surface area contributed by atoms with Gasteiger partial charge in [-0.25, -0.2) is 9.07 Å². The Morgan fingerprint density at radius 2 is 1.89 bits per heavy atom. The molecule has 2 aromatic heterocycles. The first-order valence-corrected chi connectivity index (χ1v) is 13.9. The van der Waals surface area contributed by atoms with Crippen LogP contribution in [-0.2, 0) is 19.7 Å². The molecular weight excluding hydrogens is 499 g/mol. The van der Waals surface area contributed by atoms with Gasteiger partial charge in [0.2, 0.25) is 11.8 Å². The normalized spacial score (nSPS) is 18.8. The topological polar surface area (TPSA) is 67.7 Å². The number of hydrogen-bond acceptors (Lipinski definition) is 6. The maximum absolute atomic E-state index is 13.8. The molecule has 2 amide bonds. The van der Waals surface area contributed by atoms with Crippen molar-refractivity contribution in [2.75, 3.05) is 43.5 Å². The smallest absolute Gasteiger partial charge is 0.242 e. The minimum atomic E-state index is -0.351. The molecule has 1 aromatic carbocycles. The maximum atomic E-state index is 13.8. The lowest BCUT2D eigenvalue weighted by Gasteiger charge is -2.30. The number of morpholine rings is 1. The number of amides is 2. The summed E-state index contributed by atoms with van der Waals surface area (Å²) >= 11 is 3.20. The molecule has 0 N–H and O–H groups in total. The van der Waals surface area contributed by atoms with Crippen LogP contribution in [0.2, 0.25) is 0 Å². The molecule has 190 valence electrons. The Morgan fingerprint density at radius 1 is 1.17 bits per heavy atom. The molecule has 1 atom stereocenters. The number of rotatable bonds is 4. The van der Waals surface area contributed by atoms with Crippen molar-refractivity contribution in [1.82, 2.24) is 14.7 Å². The average Bonchev–Trinajstić information content (AvgIpc) is 3.50. The highest BCUT2D eigenvalue weighted by Gasteiger charge is 2.40. The second-order valence-electron chi connectivity index (χ2n) is 9.90. The van der Waals surface area contributed by atoms with Crippen LogP contribution in [0.4, 0.5) is 10.2 Å². The number of anilines is 1. The van der Waals surface area contributed by atoms with Crippen LogP contribution in [0.15, 0.2) is 41.8 Å². The quantitative estimate of drug-likeness (QED) is 0.502. The van der Waals surface area contributed by atoms with Gasteiger partial charge in [0.25, 0.3) is 0 Å². The fourth-order valence-electron chi connectivity index (χ4n) is 4.55. The third-order valence-electron chi connectivity index (χ3n) is 6.33. The first-order valence-electron chi connectivity index (χ1n) is 11.9. The highest BCUT2D eigenvalue weighted by atomic mass is 32.2. The van der Waals surface area contributed by atoms with Crippen molar-refractivity contribution in [3.8, 4) is 5.69 Å². The molecule has 1 fully saturated rings. The van der Waals surface area contributed by atoms with Crippen LogP contribution in [0.5, 0.6) is 0 Å². The molecule has 36 heavy (non-hydrogen) atoms. The van der Waals surface area contributed by atoms with Crippen molar-refractivity contribution in [2.45, 2.75) is 31.4 Å². The lowest BCUT2D eigenvalue weighted by atomic mass is 9.88. The number of fused-ring (bicyclic) bond motifs is 1. The van der Waals surface area contributed by atoms with E-state index in [1.807, 2.05) is 11.4 Å². The van der Waals surface area contributed by atoms with Crippen LogP contribution in [0.1, 0.15) is 42.2 Å². The van der Waals surface area contributed by atoms with Crippen molar-refractivity contribution >= 4 is 40.7 Å². The second kappa shape index (κ2) is 9.99. The molecule has 0 radical (unpaired) electrons. The molecule has 1 saturated heterocycles. The van der Waals surface area contributed by atoms with E-state index in [4.69, 9.17) is 9.84 Å². The Morgan fingerprint density at radius 3 is 2.53 bits per heavy atom. The molecule has 4 heterocycles. The third-order valence-corrected chi connectivity index (χ3v) is 8.65. The van der Waals surface area contributed by atoms with Gasteiger partial charge in [-0.05, 0) is 35.7 Å². The van der Waals surface area contributed by atoms with Gasteiger partial charge >= 0.3 is 0 Å². The zero-order valence-corrected chi connectivity index (χ0v) is 22.2. The molecule has 2 aliphatic rings. The summed E-state index contributed by atoms with van der Waals surface area (Å²) in [6, 6.07) is 10.2. The molecule has 0 unspecified atom stereocenters. The van der Waals surface area contributed by atoms with Gasteiger partial charge in [0.05, 0.1) is 35.6 Å². The molecule has 2 aliphatic heterocycles. The number of carbonyl (C=O) groups excluding carboxylic acids is 2. The van der Waals surface area contributed by atoms with Crippen LogP contribution in [0.3, 0.4) is 0 Å². The Hall–Kier alpha value is -2.69. The summed E-state index contributed by atoms with van der Waals surface area (Å²) in [4.78, 5) is 31.4. The predicted octanol–water partition coefficient (Wildman–Crippen LogP) is 4.40. The van der Waals surface area contributed by atoms with E-state index >= 15 is 0 Å². The van der Waals surface area contributed by atoms with Gasteiger partial charge in [0.15, 0.2) is 0 Å². The molecule has 3 aromatic rings. The van der Waals surface area contributed by atoms with Gasteiger partial charge in [-0.15, -0.1) is 23.1 Å².